The highest BCUT2D eigenvalue weighted by Crippen LogP contribution is 2.28. The molecule has 0 aliphatic heterocycles. The minimum absolute atomic E-state index is 0.997. The number of nitrogens with zero attached hydrogens (tertiary/aromatic N) is 2. The van der Waals surface area contributed by atoms with Gasteiger partial charge in [0, 0.05) is 23.0 Å². The maximum Gasteiger partial charge on any atom is 0.0482 e. The van der Waals surface area contributed by atoms with E-state index in [0.717, 1.165) is 19.4 Å². The third kappa shape index (κ3) is 4.09. The summed E-state index contributed by atoms with van der Waals surface area (Å²) in [6.07, 6.45) is 4.12. The predicted octanol–water partition coefficient (Wildman–Crippen LogP) is 4.91. The molecule has 0 saturated heterocycles. The number of rotatable bonds is 6. The lowest BCUT2D eigenvalue weighted by Gasteiger charge is -2.13. The van der Waals surface area contributed by atoms with Crippen molar-refractivity contribution in [3.05, 3.63) is 78.6 Å². The molecule has 1 aromatic heterocycles. The van der Waals surface area contributed by atoms with E-state index in [1.807, 2.05) is 12.3 Å². The number of pyridine rings is 1. The van der Waals surface area contributed by atoms with E-state index >= 15 is 0 Å². The van der Waals surface area contributed by atoms with Crippen molar-refractivity contribution in [1.82, 2.24) is 9.88 Å². The fraction of sp³-hybridized carbons (Fsp3) is 0.227. The van der Waals surface area contributed by atoms with Crippen LogP contribution in [0, 0.1) is 0 Å². The van der Waals surface area contributed by atoms with Crippen LogP contribution in [0.15, 0.2) is 72.9 Å². The molecule has 2 nitrogen and oxygen atoms in total. The maximum atomic E-state index is 4.81. The van der Waals surface area contributed by atoms with Crippen molar-refractivity contribution in [1.29, 1.82) is 0 Å². The van der Waals surface area contributed by atoms with Crippen LogP contribution in [0.3, 0.4) is 0 Å². The Balaban J connectivity index is 1.96. The van der Waals surface area contributed by atoms with Crippen molar-refractivity contribution in [3.8, 4) is 22.3 Å². The molecule has 0 aliphatic carbocycles. The Hall–Kier alpha value is -2.45. The third-order valence-electron chi connectivity index (χ3n) is 4.18. The molecule has 0 amide bonds. The van der Waals surface area contributed by atoms with Crippen LogP contribution < -0.4 is 0 Å². The standard InChI is InChI=1S/C22H24N2/c1-24(2)15-9-14-22-21(19-12-7-4-8-13-19)16-20(17-23-22)18-10-5-3-6-11-18/h3-8,10-13,16-17H,9,14-15H2,1-2H3. The van der Waals surface area contributed by atoms with E-state index in [1.54, 1.807) is 0 Å². The van der Waals surface area contributed by atoms with E-state index < -0.39 is 0 Å². The fourth-order valence-corrected chi connectivity index (χ4v) is 2.91. The van der Waals surface area contributed by atoms with E-state index in [-0.39, 0.29) is 0 Å². The molecule has 122 valence electrons. The lowest BCUT2D eigenvalue weighted by Crippen LogP contribution is -2.14. The number of hydrogen-bond acceptors (Lipinski definition) is 2. The molecule has 24 heavy (non-hydrogen) atoms. The van der Waals surface area contributed by atoms with Crippen LogP contribution in [0.4, 0.5) is 0 Å². The molecule has 0 radical (unpaired) electrons. The van der Waals surface area contributed by atoms with Gasteiger partial charge in [0.2, 0.25) is 0 Å². The summed E-state index contributed by atoms with van der Waals surface area (Å²) in [5.74, 6) is 0. The molecule has 0 saturated carbocycles. The molecular formula is C22H24N2. The average Bonchev–Trinajstić information content (AvgIpc) is 2.63. The number of aryl methyl sites for hydroxylation is 1. The van der Waals surface area contributed by atoms with Crippen LogP contribution in [-0.4, -0.2) is 30.5 Å². The van der Waals surface area contributed by atoms with Gasteiger partial charge < -0.3 is 4.90 Å². The van der Waals surface area contributed by atoms with Crippen molar-refractivity contribution in [2.45, 2.75) is 12.8 Å². The normalized spacial score (nSPS) is 11.0. The van der Waals surface area contributed by atoms with Crippen molar-refractivity contribution in [3.63, 3.8) is 0 Å². The molecule has 2 heteroatoms. The first-order chi connectivity index (χ1) is 11.7. The zero-order valence-electron chi connectivity index (χ0n) is 14.4. The highest BCUT2D eigenvalue weighted by Gasteiger charge is 2.09. The molecule has 0 aliphatic rings. The summed E-state index contributed by atoms with van der Waals surface area (Å²) in [4.78, 5) is 7.03. The van der Waals surface area contributed by atoms with E-state index in [4.69, 9.17) is 4.98 Å². The average molecular weight is 316 g/mol. The zero-order chi connectivity index (χ0) is 16.8. The second-order valence-corrected chi connectivity index (χ2v) is 6.36. The van der Waals surface area contributed by atoms with Crippen molar-refractivity contribution < 1.29 is 0 Å². The first-order valence-electron chi connectivity index (χ1n) is 8.48. The van der Waals surface area contributed by atoms with Gasteiger partial charge in [-0.3, -0.25) is 4.98 Å². The van der Waals surface area contributed by atoms with Crippen molar-refractivity contribution >= 4 is 0 Å². The zero-order valence-corrected chi connectivity index (χ0v) is 14.4. The Kier molecular flexibility index (Phi) is 5.39. The molecular weight excluding hydrogens is 292 g/mol. The molecule has 0 spiro atoms. The van der Waals surface area contributed by atoms with Crippen LogP contribution in [0.25, 0.3) is 22.3 Å². The van der Waals surface area contributed by atoms with Crippen LogP contribution in [0.5, 0.6) is 0 Å². The van der Waals surface area contributed by atoms with Gasteiger partial charge in [0.15, 0.2) is 0 Å². The fourth-order valence-electron chi connectivity index (χ4n) is 2.91. The summed E-state index contributed by atoms with van der Waals surface area (Å²) in [7, 11) is 4.23. The van der Waals surface area contributed by atoms with Crippen LogP contribution >= 0.6 is 0 Å². The lowest BCUT2D eigenvalue weighted by molar-refractivity contribution is 0.399. The molecule has 0 bridgehead atoms. The van der Waals surface area contributed by atoms with Crippen molar-refractivity contribution in [2.24, 2.45) is 0 Å². The van der Waals surface area contributed by atoms with Gasteiger partial charge in [-0.05, 0) is 50.7 Å². The largest absolute Gasteiger partial charge is 0.309 e. The summed E-state index contributed by atoms with van der Waals surface area (Å²) in [6.45, 7) is 1.08. The van der Waals surface area contributed by atoms with Gasteiger partial charge in [-0.15, -0.1) is 0 Å². The number of hydrogen-bond donors (Lipinski definition) is 0. The summed E-state index contributed by atoms with van der Waals surface area (Å²) >= 11 is 0. The Morgan fingerprint density at radius 2 is 1.42 bits per heavy atom. The highest BCUT2D eigenvalue weighted by molar-refractivity contribution is 5.73. The van der Waals surface area contributed by atoms with Gasteiger partial charge in [-0.2, -0.15) is 0 Å². The van der Waals surface area contributed by atoms with Crippen LogP contribution in [-0.2, 0) is 6.42 Å². The Morgan fingerprint density at radius 1 is 0.792 bits per heavy atom. The quantitative estimate of drug-likeness (QED) is 0.642. The Morgan fingerprint density at radius 3 is 2.04 bits per heavy atom. The van der Waals surface area contributed by atoms with Gasteiger partial charge in [-0.1, -0.05) is 60.7 Å². The summed E-state index contributed by atoms with van der Waals surface area (Å²) in [5, 5.41) is 0. The molecule has 0 fully saturated rings. The molecule has 3 rings (SSSR count). The minimum atomic E-state index is 0.997. The maximum absolute atomic E-state index is 4.81. The molecule has 3 aromatic rings. The van der Waals surface area contributed by atoms with E-state index in [0.29, 0.717) is 0 Å². The third-order valence-corrected chi connectivity index (χ3v) is 4.18. The van der Waals surface area contributed by atoms with Crippen LogP contribution in [0.2, 0.25) is 0 Å². The Labute approximate surface area is 144 Å². The van der Waals surface area contributed by atoms with Gasteiger partial charge in [0.25, 0.3) is 0 Å². The smallest absolute Gasteiger partial charge is 0.0482 e. The second kappa shape index (κ2) is 7.89. The first-order valence-corrected chi connectivity index (χ1v) is 8.48. The second-order valence-electron chi connectivity index (χ2n) is 6.36. The minimum Gasteiger partial charge on any atom is -0.309 e. The Bertz CT molecular complexity index is 764. The molecule has 2 aromatic carbocycles. The predicted molar refractivity (Wildman–Crippen MR) is 102 cm³/mol. The lowest BCUT2D eigenvalue weighted by atomic mass is 9.97. The van der Waals surface area contributed by atoms with Crippen molar-refractivity contribution in [2.75, 3.05) is 20.6 Å². The summed E-state index contributed by atoms with van der Waals surface area (Å²) in [6, 6.07) is 23.3. The first kappa shape index (κ1) is 16.4. The molecule has 1 heterocycles. The number of aromatic nitrogens is 1. The highest BCUT2D eigenvalue weighted by atomic mass is 15.0. The SMILES string of the molecule is CN(C)CCCc1ncc(-c2ccccc2)cc1-c1ccccc1. The number of benzene rings is 2. The topological polar surface area (TPSA) is 16.1 Å². The molecule has 0 N–H and O–H groups in total. The van der Waals surface area contributed by atoms with Gasteiger partial charge in [0.05, 0.1) is 0 Å². The van der Waals surface area contributed by atoms with E-state index in [9.17, 15) is 0 Å². The van der Waals surface area contributed by atoms with E-state index in [2.05, 4.69) is 79.7 Å². The monoisotopic (exact) mass is 316 g/mol. The summed E-state index contributed by atoms with van der Waals surface area (Å²) in [5.41, 5.74) is 6.05. The van der Waals surface area contributed by atoms with Gasteiger partial charge >= 0.3 is 0 Å². The van der Waals surface area contributed by atoms with Gasteiger partial charge in [0.1, 0.15) is 0 Å². The van der Waals surface area contributed by atoms with Crippen LogP contribution in [0.1, 0.15) is 12.1 Å². The molecule has 0 atom stereocenters. The van der Waals surface area contributed by atoms with Gasteiger partial charge in [-0.25, -0.2) is 0 Å². The summed E-state index contributed by atoms with van der Waals surface area (Å²) < 4.78 is 0. The van der Waals surface area contributed by atoms with E-state index in [1.165, 1.54) is 27.9 Å². The molecule has 0 unspecified atom stereocenters.